The molecule has 3 aliphatic rings. The molecule has 0 aromatic heterocycles. The SMILES string of the molecule is O=C(CCN1C(=O)[C@H]2CCCC[C@H]2C1=O)N1CC(OCCCc2ccccc2)C1. The molecule has 2 aliphatic heterocycles. The third kappa shape index (κ3) is 4.53. The molecule has 0 N–H and O–H groups in total. The van der Waals surface area contributed by atoms with Crippen molar-refractivity contribution in [2.75, 3.05) is 26.2 Å². The molecule has 29 heavy (non-hydrogen) atoms. The Balaban J connectivity index is 1.12. The number of fused-ring (bicyclic) bond motifs is 1. The number of ether oxygens (including phenoxy) is 1. The molecular weight excluding hydrogens is 368 g/mol. The van der Waals surface area contributed by atoms with Crippen LogP contribution in [0.15, 0.2) is 30.3 Å². The predicted molar refractivity (Wildman–Crippen MR) is 108 cm³/mol. The smallest absolute Gasteiger partial charge is 0.233 e. The maximum atomic E-state index is 12.5. The van der Waals surface area contributed by atoms with Gasteiger partial charge in [-0.2, -0.15) is 0 Å². The van der Waals surface area contributed by atoms with Gasteiger partial charge in [-0.1, -0.05) is 43.2 Å². The summed E-state index contributed by atoms with van der Waals surface area (Å²) in [6, 6.07) is 10.3. The molecule has 3 fully saturated rings. The zero-order chi connectivity index (χ0) is 20.2. The van der Waals surface area contributed by atoms with Gasteiger partial charge in [0.1, 0.15) is 0 Å². The van der Waals surface area contributed by atoms with Gasteiger partial charge in [-0.15, -0.1) is 0 Å². The molecule has 1 saturated carbocycles. The summed E-state index contributed by atoms with van der Waals surface area (Å²) in [6.07, 6.45) is 5.96. The first-order valence-electron chi connectivity index (χ1n) is 10.9. The van der Waals surface area contributed by atoms with Gasteiger partial charge >= 0.3 is 0 Å². The summed E-state index contributed by atoms with van der Waals surface area (Å²) in [5.74, 6) is -0.385. The van der Waals surface area contributed by atoms with Crippen molar-refractivity contribution in [3.05, 3.63) is 35.9 Å². The molecule has 2 saturated heterocycles. The van der Waals surface area contributed by atoms with Crippen molar-refractivity contribution >= 4 is 17.7 Å². The van der Waals surface area contributed by atoms with E-state index in [1.165, 1.54) is 10.5 Å². The topological polar surface area (TPSA) is 66.9 Å². The molecule has 6 nitrogen and oxygen atoms in total. The lowest BCUT2D eigenvalue weighted by Gasteiger charge is -2.39. The van der Waals surface area contributed by atoms with Gasteiger partial charge in [0.05, 0.1) is 17.9 Å². The Hall–Kier alpha value is -2.21. The molecular formula is C23H30N2O4. The van der Waals surface area contributed by atoms with Crippen LogP contribution in [0.25, 0.3) is 0 Å². The number of carbonyl (C=O) groups excluding carboxylic acids is 3. The number of hydrogen-bond acceptors (Lipinski definition) is 4. The lowest BCUT2D eigenvalue weighted by Crippen LogP contribution is -2.55. The van der Waals surface area contributed by atoms with Gasteiger partial charge < -0.3 is 9.64 Å². The van der Waals surface area contributed by atoms with Crippen LogP contribution in [0.3, 0.4) is 0 Å². The Morgan fingerprint density at radius 3 is 2.31 bits per heavy atom. The van der Waals surface area contributed by atoms with Crippen LogP contribution < -0.4 is 0 Å². The Kier molecular flexibility index (Phi) is 6.28. The maximum Gasteiger partial charge on any atom is 0.233 e. The van der Waals surface area contributed by atoms with Gasteiger partial charge in [0.15, 0.2) is 0 Å². The van der Waals surface area contributed by atoms with Gasteiger partial charge in [-0.05, 0) is 31.2 Å². The first kappa shape index (κ1) is 20.1. The minimum Gasteiger partial charge on any atom is -0.375 e. The van der Waals surface area contributed by atoms with Gasteiger partial charge in [-0.3, -0.25) is 19.3 Å². The van der Waals surface area contributed by atoms with Crippen molar-refractivity contribution in [3.8, 4) is 0 Å². The average molecular weight is 399 g/mol. The number of nitrogens with zero attached hydrogens (tertiary/aromatic N) is 2. The number of rotatable bonds is 8. The number of aryl methyl sites for hydroxylation is 1. The summed E-state index contributed by atoms with van der Waals surface area (Å²) < 4.78 is 5.84. The summed E-state index contributed by atoms with van der Waals surface area (Å²) in [6.45, 7) is 2.14. The summed E-state index contributed by atoms with van der Waals surface area (Å²) in [5.41, 5.74) is 1.31. The minimum atomic E-state index is -0.135. The van der Waals surface area contributed by atoms with Gasteiger partial charge in [0.2, 0.25) is 17.7 Å². The normalized spacial score (nSPS) is 24.6. The summed E-state index contributed by atoms with van der Waals surface area (Å²) in [5, 5.41) is 0. The molecule has 1 aliphatic carbocycles. The lowest BCUT2D eigenvalue weighted by molar-refractivity contribution is -0.146. The van der Waals surface area contributed by atoms with Gasteiger partial charge in [0.25, 0.3) is 0 Å². The molecule has 0 unspecified atom stereocenters. The average Bonchev–Trinajstić information content (AvgIpc) is 2.96. The highest BCUT2D eigenvalue weighted by Crippen LogP contribution is 2.38. The van der Waals surface area contributed by atoms with E-state index >= 15 is 0 Å². The summed E-state index contributed by atoms with van der Waals surface area (Å²) in [4.78, 5) is 40.5. The second-order valence-electron chi connectivity index (χ2n) is 8.46. The van der Waals surface area contributed by atoms with Crippen LogP contribution in [0.5, 0.6) is 0 Å². The van der Waals surface area contributed by atoms with E-state index < -0.39 is 0 Å². The van der Waals surface area contributed by atoms with E-state index in [1.807, 2.05) is 18.2 Å². The van der Waals surface area contributed by atoms with E-state index in [0.717, 1.165) is 38.5 Å². The number of imide groups is 1. The summed E-state index contributed by atoms with van der Waals surface area (Å²) in [7, 11) is 0. The van der Waals surface area contributed by atoms with Gasteiger partial charge in [0, 0.05) is 32.7 Å². The zero-order valence-corrected chi connectivity index (χ0v) is 16.9. The minimum absolute atomic E-state index is 0.00427. The van der Waals surface area contributed by atoms with Crippen LogP contribution in [-0.2, 0) is 25.5 Å². The predicted octanol–water partition coefficient (Wildman–Crippen LogP) is 2.41. The Morgan fingerprint density at radius 1 is 1.00 bits per heavy atom. The largest absolute Gasteiger partial charge is 0.375 e. The fourth-order valence-electron chi connectivity index (χ4n) is 4.74. The van der Waals surface area contributed by atoms with E-state index in [9.17, 15) is 14.4 Å². The van der Waals surface area contributed by atoms with Crippen LogP contribution in [0.1, 0.15) is 44.1 Å². The molecule has 2 heterocycles. The van der Waals surface area contributed by atoms with E-state index in [-0.39, 0.29) is 48.6 Å². The molecule has 2 atom stereocenters. The highest BCUT2D eigenvalue weighted by Gasteiger charge is 2.48. The number of carbonyl (C=O) groups is 3. The second kappa shape index (κ2) is 9.08. The number of benzene rings is 1. The van der Waals surface area contributed by atoms with E-state index in [1.54, 1.807) is 4.90 Å². The molecule has 0 spiro atoms. The molecule has 6 heteroatoms. The first-order chi connectivity index (χ1) is 14.1. The highest BCUT2D eigenvalue weighted by atomic mass is 16.5. The highest BCUT2D eigenvalue weighted by molar-refractivity contribution is 6.05. The van der Waals surface area contributed by atoms with Gasteiger partial charge in [-0.25, -0.2) is 0 Å². The lowest BCUT2D eigenvalue weighted by atomic mass is 9.81. The van der Waals surface area contributed by atoms with E-state index in [2.05, 4.69) is 12.1 Å². The van der Waals surface area contributed by atoms with Crippen molar-refractivity contribution in [1.82, 2.24) is 9.80 Å². The van der Waals surface area contributed by atoms with Crippen LogP contribution in [0, 0.1) is 11.8 Å². The van der Waals surface area contributed by atoms with Crippen molar-refractivity contribution in [2.24, 2.45) is 11.8 Å². The standard InChI is InChI=1S/C23H30N2O4/c26-21(12-13-25-22(27)19-10-4-5-11-20(19)23(25)28)24-15-18(16-24)29-14-6-9-17-7-2-1-3-8-17/h1-3,7-8,18-20H,4-6,9-16H2/t19-,20+. The van der Waals surface area contributed by atoms with Crippen LogP contribution >= 0.6 is 0 Å². The maximum absolute atomic E-state index is 12.5. The van der Waals surface area contributed by atoms with Crippen LogP contribution in [-0.4, -0.2) is 59.9 Å². The fourth-order valence-corrected chi connectivity index (χ4v) is 4.74. The van der Waals surface area contributed by atoms with Crippen molar-refractivity contribution in [2.45, 2.75) is 51.0 Å². The first-order valence-corrected chi connectivity index (χ1v) is 10.9. The van der Waals surface area contributed by atoms with E-state index in [4.69, 9.17) is 4.74 Å². The monoisotopic (exact) mass is 398 g/mol. The van der Waals surface area contributed by atoms with Crippen LogP contribution in [0.4, 0.5) is 0 Å². The molecule has 0 bridgehead atoms. The molecule has 1 aromatic rings. The van der Waals surface area contributed by atoms with Crippen LogP contribution in [0.2, 0.25) is 0 Å². The second-order valence-corrected chi connectivity index (χ2v) is 8.46. The molecule has 0 radical (unpaired) electrons. The zero-order valence-electron chi connectivity index (χ0n) is 16.9. The Labute approximate surface area is 172 Å². The number of likely N-dealkylation sites (tertiary alicyclic amines) is 2. The Morgan fingerprint density at radius 2 is 1.66 bits per heavy atom. The third-order valence-electron chi connectivity index (χ3n) is 6.49. The fraction of sp³-hybridized carbons (Fsp3) is 0.609. The van der Waals surface area contributed by atoms with Crippen molar-refractivity contribution in [1.29, 1.82) is 0 Å². The number of hydrogen-bond donors (Lipinski definition) is 0. The molecule has 156 valence electrons. The quantitative estimate of drug-likeness (QED) is 0.498. The Bertz CT molecular complexity index is 721. The van der Waals surface area contributed by atoms with E-state index in [0.29, 0.717) is 19.7 Å². The molecule has 4 rings (SSSR count). The number of amides is 3. The third-order valence-corrected chi connectivity index (χ3v) is 6.49. The van der Waals surface area contributed by atoms with Crippen molar-refractivity contribution in [3.63, 3.8) is 0 Å². The molecule has 1 aromatic carbocycles. The molecule has 3 amide bonds. The summed E-state index contributed by atoms with van der Waals surface area (Å²) >= 11 is 0. The van der Waals surface area contributed by atoms with Crippen molar-refractivity contribution < 1.29 is 19.1 Å².